The van der Waals surface area contributed by atoms with Crippen molar-refractivity contribution in [3.8, 4) is 5.75 Å². The Balaban J connectivity index is 1.44. The zero-order valence-corrected chi connectivity index (χ0v) is 29.7. The molecule has 0 fully saturated rings. The number of sulfone groups is 1. The maximum absolute atomic E-state index is 15.0. The molecule has 1 aliphatic heterocycles. The number of carbonyl (C=O) groups excluding carboxylic acids is 1. The van der Waals surface area contributed by atoms with Crippen molar-refractivity contribution in [3.63, 3.8) is 0 Å². The number of benzene rings is 5. The maximum Gasteiger partial charge on any atom is 0.252 e. The lowest BCUT2D eigenvalue weighted by atomic mass is 9.84. The summed E-state index contributed by atoms with van der Waals surface area (Å²) >= 11 is 0. The van der Waals surface area contributed by atoms with Gasteiger partial charge in [-0.1, -0.05) is 108 Å². The fourth-order valence-corrected chi connectivity index (χ4v) is 7.77. The van der Waals surface area contributed by atoms with Crippen LogP contribution in [0.4, 0.5) is 5.69 Å². The maximum atomic E-state index is 15.0. The number of hydrogen-bond donors (Lipinski definition) is 2. The molecule has 53 heavy (non-hydrogen) atoms. The van der Waals surface area contributed by atoms with Gasteiger partial charge in [0, 0.05) is 53.6 Å². The van der Waals surface area contributed by atoms with Gasteiger partial charge in [0.2, 0.25) is 5.90 Å². The van der Waals surface area contributed by atoms with Crippen molar-refractivity contribution >= 4 is 27.3 Å². The molecule has 1 heterocycles. The number of aliphatic hydroxyl groups is 1. The average Bonchev–Trinajstić information content (AvgIpc) is 3.60. The Labute approximate surface area is 308 Å². The van der Waals surface area contributed by atoms with Gasteiger partial charge in [0.1, 0.15) is 5.75 Å². The van der Waals surface area contributed by atoms with Gasteiger partial charge in [0.15, 0.2) is 21.5 Å². The fraction of sp³-hybridized carbons (Fsp3) is 0.220. The van der Waals surface area contributed by atoms with E-state index >= 15 is 0 Å². The Hall–Kier alpha value is -5.94. The average molecular weight is 730 g/mol. The van der Waals surface area contributed by atoms with Crippen molar-refractivity contribution in [1.82, 2.24) is 5.32 Å². The summed E-state index contributed by atoms with van der Waals surface area (Å²) in [6, 6.07) is 41.3. The minimum Gasteiger partial charge on any atom is -0.494 e. The van der Waals surface area contributed by atoms with Gasteiger partial charge in [0.05, 0.1) is 17.3 Å². The zero-order valence-electron chi connectivity index (χ0n) is 28.9. The van der Waals surface area contributed by atoms with E-state index in [9.17, 15) is 18.7 Å². The van der Waals surface area contributed by atoms with E-state index in [0.29, 0.717) is 29.9 Å². The summed E-state index contributed by atoms with van der Waals surface area (Å²) in [4.78, 5) is 23.1. The van der Waals surface area contributed by atoms with Crippen molar-refractivity contribution in [3.05, 3.63) is 172 Å². The van der Waals surface area contributed by atoms with Gasteiger partial charge in [-0.15, -0.1) is 0 Å². The predicted octanol–water partition coefficient (Wildman–Crippen LogP) is 7.46. The summed E-state index contributed by atoms with van der Waals surface area (Å²) in [5, 5.41) is 16.2. The second-order valence-corrected chi connectivity index (χ2v) is 14.6. The van der Waals surface area contributed by atoms with E-state index in [-0.39, 0.29) is 42.0 Å². The molecular weight excluding hydrogens is 691 g/mol. The van der Waals surface area contributed by atoms with Crippen molar-refractivity contribution < 1.29 is 27.8 Å². The first kappa shape index (κ1) is 36.8. The van der Waals surface area contributed by atoms with Crippen molar-refractivity contribution in [2.24, 2.45) is 10.1 Å². The molecular formula is C41H39N5O6S. The Kier molecular flexibility index (Phi) is 11.9. The lowest BCUT2D eigenvalue weighted by Crippen LogP contribution is -2.50. The molecule has 2 atom stereocenters. The van der Waals surface area contributed by atoms with Crippen LogP contribution in [0.2, 0.25) is 0 Å². The largest absolute Gasteiger partial charge is 0.494 e. The molecule has 5 aromatic carbocycles. The Morgan fingerprint density at radius 1 is 0.887 bits per heavy atom. The van der Waals surface area contributed by atoms with Crippen LogP contribution in [0.5, 0.6) is 5.75 Å². The monoisotopic (exact) mass is 729 g/mol. The van der Waals surface area contributed by atoms with Crippen LogP contribution < -0.4 is 10.1 Å². The quantitative estimate of drug-likeness (QED) is 0.0464. The second-order valence-electron chi connectivity index (χ2n) is 12.5. The van der Waals surface area contributed by atoms with Gasteiger partial charge in [0.25, 0.3) is 5.91 Å². The molecule has 12 heteroatoms. The third kappa shape index (κ3) is 8.58. The smallest absolute Gasteiger partial charge is 0.252 e. The number of aliphatic imine (C=N–C) groups is 1. The van der Waals surface area contributed by atoms with Crippen LogP contribution in [0, 0.1) is 0 Å². The van der Waals surface area contributed by atoms with Gasteiger partial charge >= 0.3 is 0 Å². The topological polar surface area (TPSA) is 163 Å². The number of ether oxygens (including phenoxy) is 2. The first-order chi connectivity index (χ1) is 25.8. The molecule has 0 aromatic heterocycles. The number of carbonyl (C=O) groups is 1. The first-order valence-corrected chi connectivity index (χ1v) is 18.9. The first-order valence-electron chi connectivity index (χ1n) is 17.3. The summed E-state index contributed by atoms with van der Waals surface area (Å²) in [6.45, 7) is 0.510. The summed E-state index contributed by atoms with van der Waals surface area (Å²) in [5.41, 5.74) is 10.7. The predicted molar refractivity (Wildman–Crippen MR) is 203 cm³/mol. The normalized spacial score (nSPS) is 16.6. The minimum absolute atomic E-state index is 0.00300. The highest BCUT2D eigenvalue weighted by molar-refractivity contribution is 7.91. The van der Waals surface area contributed by atoms with Crippen molar-refractivity contribution in [2.75, 3.05) is 25.5 Å². The molecule has 0 bridgehead atoms. The summed E-state index contributed by atoms with van der Waals surface area (Å²) in [5.74, 6) is -0.523. The molecule has 11 nitrogen and oxygen atoms in total. The molecule has 2 N–H and O–H groups in total. The highest BCUT2D eigenvalue weighted by atomic mass is 32.2. The van der Waals surface area contributed by atoms with E-state index < -0.39 is 33.1 Å². The van der Waals surface area contributed by atoms with Crippen LogP contribution in [0.1, 0.15) is 47.1 Å². The van der Waals surface area contributed by atoms with E-state index in [0.717, 1.165) is 11.1 Å². The number of nitrogens with zero attached hydrogens (tertiary/aromatic N) is 4. The number of rotatable bonds is 16. The van der Waals surface area contributed by atoms with E-state index in [1.165, 1.54) is 12.1 Å². The number of amides is 1. The zero-order chi connectivity index (χ0) is 37.1. The minimum atomic E-state index is -3.88. The Morgan fingerprint density at radius 3 is 2.11 bits per heavy atom. The van der Waals surface area contributed by atoms with Crippen LogP contribution >= 0.6 is 0 Å². The second kappa shape index (κ2) is 17.1. The van der Waals surface area contributed by atoms with Crippen LogP contribution in [0.3, 0.4) is 0 Å². The summed E-state index contributed by atoms with van der Waals surface area (Å²) in [7, 11) is -3.88. The van der Waals surface area contributed by atoms with Crippen LogP contribution in [0.25, 0.3) is 10.4 Å². The van der Waals surface area contributed by atoms with E-state index in [1.807, 2.05) is 60.7 Å². The van der Waals surface area contributed by atoms with Gasteiger partial charge < -0.3 is 19.9 Å². The van der Waals surface area contributed by atoms with Crippen LogP contribution in [-0.2, 0) is 19.4 Å². The van der Waals surface area contributed by atoms with Crippen molar-refractivity contribution in [1.29, 1.82) is 0 Å². The number of hydrogen-bond acceptors (Lipinski definition) is 8. The molecule has 6 rings (SSSR count). The molecule has 0 unspecified atom stereocenters. The lowest BCUT2D eigenvalue weighted by molar-refractivity contribution is -0.129. The molecule has 0 radical (unpaired) electrons. The molecule has 0 aliphatic carbocycles. The third-order valence-corrected chi connectivity index (χ3v) is 10.9. The van der Waals surface area contributed by atoms with Crippen LogP contribution in [0.15, 0.2) is 155 Å². The van der Waals surface area contributed by atoms with Gasteiger partial charge in [-0.05, 0) is 53.1 Å². The molecule has 270 valence electrons. The van der Waals surface area contributed by atoms with E-state index in [4.69, 9.17) is 19.6 Å². The Bertz CT molecular complexity index is 2140. The van der Waals surface area contributed by atoms with Gasteiger partial charge in [-0.25, -0.2) is 13.4 Å². The summed E-state index contributed by atoms with van der Waals surface area (Å²) < 4.78 is 39.8. The molecule has 0 saturated heterocycles. The molecule has 1 aliphatic rings. The van der Waals surface area contributed by atoms with Gasteiger partial charge in [-0.2, -0.15) is 0 Å². The highest BCUT2D eigenvalue weighted by Gasteiger charge is 2.54. The molecule has 5 aromatic rings. The van der Waals surface area contributed by atoms with Crippen molar-refractivity contribution in [2.45, 2.75) is 35.3 Å². The van der Waals surface area contributed by atoms with Gasteiger partial charge in [-0.3, -0.25) is 4.79 Å². The lowest BCUT2D eigenvalue weighted by Gasteiger charge is -2.32. The molecule has 0 spiro atoms. The molecule has 0 saturated carbocycles. The van der Waals surface area contributed by atoms with E-state index in [2.05, 4.69) is 15.3 Å². The number of azide groups is 1. The standard InChI is InChI=1S/C41H39N5O6S/c42-46-45-37-20-11-10-19-35(37)38-41(25-28-53(49,50)34-17-8-3-9-18-34,44-39(52-38)32-21-23-33(24-22-32)51-27-12-26-47)40(48)43-29-36(30-13-4-1-5-14-30)31-15-6-2-7-16-31/h1-11,13-24,36,38,47H,12,25-29H2,(H,43,48)/t38-,41-/m1/s1. The fourth-order valence-electron chi connectivity index (χ4n) is 6.38. The third-order valence-electron chi connectivity index (χ3n) is 9.13. The number of aliphatic hydroxyl groups excluding tert-OH is 1. The SMILES string of the molecule is [N-]=[N+]=Nc1ccccc1[C@H]1OC(c2ccc(OCCCO)cc2)=N[C@@]1(CCS(=O)(=O)c1ccccc1)C(=O)NCC(c1ccccc1)c1ccccc1. The Morgan fingerprint density at radius 2 is 1.49 bits per heavy atom. The summed E-state index contributed by atoms with van der Waals surface area (Å²) in [6.07, 6.45) is -0.945. The highest BCUT2D eigenvalue weighted by Crippen LogP contribution is 2.46. The van der Waals surface area contributed by atoms with Crippen LogP contribution in [-0.4, -0.2) is 56.4 Å². The molecule has 1 amide bonds. The number of nitrogens with one attached hydrogen (secondary N) is 1. The van der Waals surface area contributed by atoms with E-state index in [1.54, 1.807) is 66.7 Å².